The van der Waals surface area contributed by atoms with Gasteiger partial charge in [0.1, 0.15) is 10.7 Å². The summed E-state index contributed by atoms with van der Waals surface area (Å²) in [6.45, 7) is 0.936. The molecule has 1 aromatic heterocycles. The van der Waals surface area contributed by atoms with Crippen molar-refractivity contribution < 1.29 is 13.2 Å². The Kier molecular flexibility index (Phi) is 4.06. The molecule has 18 heavy (non-hydrogen) atoms. The summed E-state index contributed by atoms with van der Waals surface area (Å²) in [5, 5.41) is 0.120. The predicted octanol–water partition coefficient (Wildman–Crippen LogP) is 0.775. The topological polar surface area (TPSA) is 94.3 Å². The molecule has 6 nitrogen and oxygen atoms in total. The Morgan fingerprint density at radius 1 is 1.61 bits per heavy atom. The van der Waals surface area contributed by atoms with E-state index in [1.165, 1.54) is 12.3 Å². The molecule has 3 N–H and O–H groups in total. The zero-order valence-corrected chi connectivity index (χ0v) is 11.2. The number of anilines is 1. The van der Waals surface area contributed by atoms with Crippen LogP contribution < -0.4 is 10.5 Å². The molecule has 8 heteroatoms. The number of nitrogen functional groups attached to an aromatic ring is 1. The quantitative estimate of drug-likeness (QED) is 0.855. The van der Waals surface area contributed by atoms with Gasteiger partial charge in [-0.2, -0.15) is 0 Å². The van der Waals surface area contributed by atoms with Gasteiger partial charge in [-0.25, -0.2) is 18.1 Å². The van der Waals surface area contributed by atoms with Crippen molar-refractivity contribution in [1.82, 2.24) is 9.71 Å². The minimum atomic E-state index is -3.62. The van der Waals surface area contributed by atoms with Crippen molar-refractivity contribution >= 4 is 27.4 Å². The number of hydrogen-bond acceptors (Lipinski definition) is 5. The summed E-state index contributed by atoms with van der Waals surface area (Å²) < 4.78 is 31.7. The van der Waals surface area contributed by atoms with Crippen LogP contribution in [0.15, 0.2) is 17.2 Å². The van der Waals surface area contributed by atoms with E-state index in [0.717, 1.165) is 12.8 Å². The number of aromatic nitrogens is 1. The molecule has 0 spiro atoms. The molecule has 0 saturated carbocycles. The van der Waals surface area contributed by atoms with Crippen molar-refractivity contribution in [3.63, 3.8) is 0 Å². The fourth-order valence-corrected chi connectivity index (χ4v) is 2.94. The van der Waals surface area contributed by atoms with Gasteiger partial charge in [-0.1, -0.05) is 11.6 Å². The Bertz CT molecular complexity index is 529. The van der Waals surface area contributed by atoms with Gasteiger partial charge < -0.3 is 10.5 Å². The number of nitrogens with two attached hydrogens (primary N) is 1. The molecule has 0 bridgehead atoms. The SMILES string of the molecule is Nc1ncc(S(=O)(=O)NCC2CCCO2)cc1Cl. The molecule has 1 fully saturated rings. The van der Waals surface area contributed by atoms with E-state index in [1.807, 2.05) is 0 Å². The highest BCUT2D eigenvalue weighted by Crippen LogP contribution is 2.20. The maximum Gasteiger partial charge on any atom is 0.242 e. The minimum absolute atomic E-state index is 0.000281. The second-order valence-corrected chi connectivity index (χ2v) is 6.20. The highest BCUT2D eigenvalue weighted by Gasteiger charge is 2.21. The second kappa shape index (κ2) is 5.40. The van der Waals surface area contributed by atoms with E-state index >= 15 is 0 Å². The molecule has 1 saturated heterocycles. The number of sulfonamides is 1. The molecule has 100 valence electrons. The molecular weight excluding hydrogens is 278 g/mol. The number of hydrogen-bond donors (Lipinski definition) is 2. The van der Waals surface area contributed by atoms with Crippen LogP contribution >= 0.6 is 11.6 Å². The average molecular weight is 292 g/mol. The zero-order chi connectivity index (χ0) is 13.2. The third kappa shape index (κ3) is 3.11. The molecular formula is C10H14ClN3O3S. The van der Waals surface area contributed by atoms with Gasteiger partial charge >= 0.3 is 0 Å². The third-order valence-corrected chi connectivity index (χ3v) is 4.37. The Morgan fingerprint density at radius 2 is 2.39 bits per heavy atom. The lowest BCUT2D eigenvalue weighted by molar-refractivity contribution is 0.114. The molecule has 1 aromatic rings. The first-order valence-electron chi connectivity index (χ1n) is 5.51. The molecule has 1 unspecified atom stereocenters. The van der Waals surface area contributed by atoms with Gasteiger partial charge in [0, 0.05) is 19.3 Å². The van der Waals surface area contributed by atoms with Gasteiger partial charge in [0.25, 0.3) is 0 Å². The highest BCUT2D eigenvalue weighted by atomic mass is 35.5. The molecule has 2 rings (SSSR count). The number of rotatable bonds is 4. The number of pyridine rings is 1. The van der Waals surface area contributed by atoms with Gasteiger partial charge in [0.2, 0.25) is 10.0 Å². The van der Waals surface area contributed by atoms with E-state index in [0.29, 0.717) is 6.61 Å². The molecule has 1 aliphatic heterocycles. The summed E-state index contributed by atoms with van der Waals surface area (Å²) in [4.78, 5) is 3.72. The van der Waals surface area contributed by atoms with Gasteiger partial charge in [0.15, 0.2) is 0 Å². The number of nitrogens with zero attached hydrogens (tertiary/aromatic N) is 1. The molecule has 0 amide bonds. The van der Waals surface area contributed by atoms with Crippen LogP contribution in [0.5, 0.6) is 0 Å². The van der Waals surface area contributed by atoms with E-state index in [1.54, 1.807) is 0 Å². The van der Waals surface area contributed by atoms with Crippen LogP contribution in [0.4, 0.5) is 5.82 Å². The van der Waals surface area contributed by atoms with Gasteiger partial charge in [-0.05, 0) is 18.9 Å². The van der Waals surface area contributed by atoms with Crippen LogP contribution in [0.2, 0.25) is 5.02 Å². The van der Waals surface area contributed by atoms with Gasteiger partial charge in [-0.3, -0.25) is 0 Å². The van der Waals surface area contributed by atoms with Crippen molar-refractivity contribution in [2.24, 2.45) is 0 Å². The largest absolute Gasteiger partial charge is 0.382 e. The maximum atomic E-state index is 11.9. The first-order chi connectivity index (χ1) is 8.49. The number of nitrogens with one attached hydrogen (secondary N) is 1. The van der Waals surface area contributed by atoms with Crippen LogP contribution in [-0.4, -0.2) is 32.7 Å². The average Bonchev–Trinajstić information content (AvgIpc) is 2.83. The van der Waals surface area contributed by atoms with Crippen molar-refractivity contribution in [3.8, 4) is 0 Å². The first kappa shape index (κ1) is 13.5. The molecule has 2 heterocycles. The fraction of sp³-hybridized carbons (Fsp3) is 0.500. The molecule has 0 aliphatic carbocycles. The Morgan fingerprint density at radius 3 is 3.00 bits per heavy atom. The Labute approximate surface area is 111 Å². The molecule has 0 radical (unpaired) electrons. The molecule has 1 aliphatic rings. The van der Waals surface area contributed by atoms with Crippen LogP contribution in [0.1, 0.15) is 12.8 Å². The first-order valence-corrected chi connectivity index (χ1v) is 7.37. The zero-order valence-electron chi connectivity index (χ0n) is 9.60. The number of halogens is 1. The Balaban J connectivity index is 2.07. The standard InChI is InChI=1S/C10H14ClN3O3S/c11-9-4-8(6-13-10(9)12)18(15,16)14-5-7-2-1-3-17-7/h4,6-7,14H,1-3,5H2,(H2,12,13). The van der Waals surface area contributed by atoms with Crippen LogP contribution in [0.25, 0.3) is 0 Å². The summed E-state index contributed by atoms with van der Waals surface area (Å²) in [5.74, 6) is 0.106. The van der Waals surface area contributed by atoms with E-state index in [9.17, 15) is 8.42 Å². The van der Waals surface area contributed by atoms with E-state index in [2.05, 4.69) is 9.71 Å². The second-order valence-electron chi connectivity index (χ2n) is 4.03. The summed E-state index contributed by atoms with van der Waals surface area (Å²) in [7, 11) is -3.62. The maximum absolute atomic E-state index is 11.9. The van der Waals surface area contributed by atoms with Crippen molar-refractivity contribution in [2.45, 2.75) is 23.8 Å². The van der Waals surface area contributed by atoms with Crippen LogP contribution in [-0.2, 0) is 14.8 Å². The summed E-state index contributed by atoms with van der Waals surface area (Å²) >= 11 is 5.74. The van der Waals surface area contributed by atoms with E-state index in [4.69, 9.17) is 22.1 Å². The Hall–Kier alpha value is -0.890. The minimum Gasteiger partial charge on any atom is -0.382 e. The van der Waals surface area contributed by atoms with Crippen LogP contribution in [0, 0.1) is 0 Å². The lowest BCUT2D eigenvalue weighted by Gasteiger charge is -2.11. The van der Waals surface area contributed by atoms with E-state index in [-0.39, 0.29) is 28.4 Å². The fourth-order valence-electron chi connectivity index (χ4n) is 1.67. The monoisotopic (exact) mass is 291 g/mol. The highest BCUT2D eigenvalue weighted by molar-refractivity contribution is 7.89. The smallest absolute Gasteiger partial charge is 0.242 e. The summed E-state index contributed by atoms with van der Waals surface area (Å²) in [5.41, 5.74) is 5.43. The summed E-state index contributed by atoms with van der Waals surface area (Å²) in [6.07, 6.45) is 2.95. The molecule has 1 atom stereocenters. The van der Waals surface area contributed by atoms with Crippen LogP contribution in [0.3, 0.4) is 0 Å². The lowest BCUT2D eigenvalue weighted by Crippen LogP contribution is -2.31. The van der Waals surface area contributed by atoms with Gasteiger partial charge in [0.05, 0.1) is 11.1 Å². The third-order valence-electron chi connectivity index (χ3n) is 2.68. The van der Waals surface area contributed by atoms with Crippen molar-refractivity contribution in [3.05, 3.63) is 17.3 Å². The van der Waals surface area contributed by atoms with Gasteiger partial charge in [-0.15, -0.1) is 0 Å². The normalized spacial score (nSPS) is 20.2. The summed E-state index contributed by atoms with van der Waals surface area (Å²) in [6, 6.07) is 1.28. The number of ether oxygens (including phenoxy) is 1. The van der Waals surface area contributed by atoms with Crippen molar-refractivity contribution in [1.29, 1.82) is 0 Å². The predicted molar refractivity (Wildman–Crippen MR) is 67.8 cm³/mol. The lowest BCUT2D eigenvalue weighted by atomic mass is 10.2. The molecule has 0 aromatic carbocycles. The van der Waals surface area contributed by atoms with Crippen molar-refractivity contribution in [2.75, 3.05) is 18.9 Å². The van der Waals surface area contributed by atoms with E-state index < -0.39 is 10.0 Å².